The van der Waals surface area contributed by atoms with E-state index in [2.05, 4.69) is 10.3 Å². The van der Waals surface area contributed by atoms with Gasteiger partial charge in [0.1, 0.15) is 12.0 Å². The summed E-state index contributed by atoms with van der Waals surface area (Å²) in [7, 11) is 0. The monoisotopic (exact) mass is 476 g/mol. The summed E-state index contributed by atoms with van der Waals surface area (Å²) in [5.74, 6) is 0.172. The summed E-state index contributed by atoms with van der Waals surface area (Å²) in [6.07, 6.45) is -3.92. The summed E-state index contributed by atoms with van der Waals surface area (Å²) < 4.78 is 55.0. The van der Waals surface area contributed by atoms with E-state index in [0.717, 1.165) is 17.7 Å². The van der Waals surface area contributed by atoms with Crippen molar-refractivity contribution in [2.24, 2.45) is 11.1 Å². The van der Waals surface area contributed by atoms with Crippen molar-refractivity contribution in [3.63, 3.8) is 0 Å². The SMILES string of the molecule is CC(C)(Cc1nc(-c2cccc(C(F)(F)F)c2)cn1Cc1ccccc1)C(=O)NC[C@H](F)CN. The van der Waals surface area contributed by atoms with Crippen LogP contribution >= 0.6 is 0 Å². The molecule has 3 aromatic rings. The van der Waals surface area contributed by atoms with Crippen LogP contribution in [-0.2, 0) is 23.9 Å². The van der Waals surface area contributed by atoms with Gasteiger partial charge in [0.15, 0.2) is 0 Å². The normalized spacial score (nSPS) is 13.0. The molecular weight excluding hydrogens is 448 g/mol. The van der Waals surface area contributed by atoms with E-state index in [1.807, 2.05) is 34.9 Å². The molecule has 1 atom stereocenters. The van der Waals surface area contributed by atoms with Crippen LogP contribution in [0.2, 0.25) is 0 Å². The van der Waals surface area contributed by atoms with Crippen molar-refractivity contribution in [3.05, 3.63) is 77.7 Å². The van der Waals surface area contributed by atoms with E-state index >= 15 is 0 Å². The number of alkyl halides is 4. The molecule has 0 saturated carbocycles. The van der Waals surface area contributed by atoms with Crippen LogP contribution in [0, 0.1) is 5.41 Å². The average molecular weight is 477 g/mol. The fourth-order valence-corrected chi connectivity index (χ4v) is 3.51. The first-order chi connectivity index (χ1) is 16.0. The summed E-state index contributed by atoms with van der Waals surface area (Å²) in [6, 6.07) is 14.5. The second-order valence-corrected chi connectivity index (χ2v) is 8.84. The molecule has 0 aliphatic heterocycles. The number of hydrogen-bond donors (Lipinski definition) is 2. The molecule has 0 radical (unpaired) electrons. The number of aromatic nitrogens is 2. The Morgan fingerprint density at radius 1 is 1.12 bits per heavy atom. The number of imidazole rings is 1. The molecule has 5 nitrogen and oxygen atoms in total. The lowest BCUT2D eigenvalue weighted by Gasteiger charge is -2.24. The highest BCUT2D eigenvalue weighted by molar-refractivity contribution is 5.82. The molecule has 1 heterocycles. The highest BCUT2D eigenvalue weighted by atomic mass is 19.4. The molecule has 0 unspecified atom stereocenters. The number of carbonyl (C=O) groups excluding carboxylic acids is 1. The zero-order valence-electron chi connectivity index (χ0n) is 19.1. The summed E-state index contributed by atoms with van der Waals surface area (Å²) in [5, 5.41) is 2.57. The Balaban J connectivity index is 1.93. The van der Waals surface area contributed by atoms with Crippen molar-refractivity contribution >= 4 is 5.91 Å². The Bertz CT molecular complexity index is 1110. The molecule has 3 rings (SSSR count). The van der Waals surface area contributed by atoms with Gasteiger partial charge in [0.2, 0.25) is 5.91 Å². The molecule has 2 aromatic carbocycles. The largest absolute Gasteiger partial charge is 0.416 e. The van der Waals surface area contributed by atoms with Crippen molar-refractivity contribution in [1.29, 1.82) is 0 Å². The third kappa shape index (κ3) is 6.44. The smallest absolute Gasteiger partial charge is 0.353 e. The van der Waals surface area contributed by atoms with Gasteiger partial charge in [-0.1, -0.05) is 56.3 Å². The Kier molecular flexibility index (Phi) is 7.76. The number of benzene rings is 2. The zero-order valence-corrected chi connectivity index (χ0v) is 19.1. The maximum Gasteiger partial charge on any atom is 0.416 e. The van der Waals surface area contributed by atoms with Gasteiger partial charge in [0.05, 0.1) is 23.2 Å². The lowest BCUT2D eigenvalue weighted by Crippen LogP contribution is -2.42. The summed E-state index contributed by atoms with van der Waals surface area (Å²) in [4.78, 5) is 17.3. The van der Waals surface area contributed by atoms with Crippen LogP contribution in [0.3, 0.4) is 0 Å². The van der Waals surface area contributed by atoms with Gasteiger partial charge in [-0.3, -0.25) is 4.79 Å². The molecular formula is C25H28F4N4O. The van der Waals surface area contributed by atoms with E-state index in [1.54, 1.807) is 26.1 Å². The Hall–Kier alpha value is -3.20. The predicted molar refractivity (Wildman–Crippen MR) is 123 cm³/mol. The highest BCUT2D eigenvalue weighted by Gasteiger charge is 2.32. The average Bonchev–Trinajstić information content (AvgIpc) is 3.18. The number of hydrogen-bond acceptors (Lipinski definition) is 3. The molecule has 1 amide bonds. The fraction of sp³-hybridized carbons (Fsp3) is 0.360. The van der Waals surface area contributed by atoms with Gasteiger partial charge in [0.25, 0.3) is 0 Å². The van der Waals surface area contributed by atoms with E-state index < -0.39 is 23.3 Å². The molecule has 0 saturated heterocycles. The van der Waals surface area contributed by atoms with E-state index in [4.69, 9.17) is 5.73 Å². The van der Waals surface area contributed by atoms with Crippen LogP contribution < -0.4 is 11.1 Å². The van der Waals surface area contributed by atoms with Crippen molar-refractivity contribution < 1.29 is 22.4 Å². The zero-order chi connectivity index (χ0) is 24.9. The van der Waals surface area contributed by atoms with Gasteiger partial charge in [-0.15, -0.1) is 0 Å². The number of nitrogens with two attached hydrogens (primary N) is 1. The number of nitrogens with one attached hydrogen (secondary N) is 1. The molecule has 0 bridgehead atoms. The molecule has 0 aliphatic carbocycles. The third-order valence-corrected chi connectivity index (χ3v) is 5.50. The number of nitrogens with zero attached hydrogens (tertiary/aromatic N) is 2. The lowest BCUT2D eigenvalue weighted by molar-refractivity contribution is -0.137. The standard InChI is InChI=1S/C25H28F4N4O/c1-24(2,23(34)31-14-20(26)13-30)12-22-32-21(16-33(22)15-17-7-4-3-5-8-17)18-9-6-10-19(11-18)25(27,28)29/h3-11,16,20H,12-15,30H2,1-2H3,(H,31,34)/t20-/m1/s1. The first-order valence-electron chi connectivity index (χ1n) is 10.9. The van der Waals surface area contributed by atoms with Gasteiger partial charge in [-0.25, -0.2) is 9.37 Å². The number of carbonyl (C=O) groups is 1. The van der Waals surface area contributed by atoms with Gasteiger partial charge in [-0.2, -0.15) is 13.2 Å². The number of halogens is 4. The Labute approximate surface area is 196 Å². The van der Waals surface area contributed by atoms with Crippen molar-refractivity contribution in [2.75, 3.05) is 13.1 Å². The van der Waals surface area contributed by atoms with Crippen LogP contribution in [0.4, 0.5) is 17.6 Å². The van der Waals surface area contributed by atoms with Crippen LogP contribution in [0.25, 0.3) is 11.3 Å². The minimum atomic E-state index is -4.47. The van der Waals surface area contributed by atoms with Gasteiger partial charge >= 0.3 is 6.18 Å². The Morgan fingerprint density at radius 3 is 2.47 bits per heavy atom. The number of amides is 1. The van der Waals surface area contributed by atoms with Crippen LogP contribution in [0.1, 0.15) is 30.8 Å². The summed E-state index contributed by atoms with van der Waals surface area (Å²) >= 11 is 0. The minimum Gasteiger partial charge on any atom is -0.353 e. The molecule has 9 heteroatoms. The van der Waals surface area contributed by atoms with Crippen LogP contribution in [0.15, 0.2) is 60.8 Å². The van der Waals surface area contributed by atoms with Crippen molar-refractivity contribution in [1.82, 2.24) is 14.9 Å². The van der Waals surface area contributed by atoms with E-state index in [1.165, 1.54) is 6.07 Å². The first-order valence-corrected chi connectivity index (χ1v) is 10.9. The van der Waals surface area contributed by atoms with E-state index in [0.29, 0.717) is 23.6 Å². The predicted octanol–water partition coefficient (Wildman–Crippen LogP) is 4.60. The highest BCUT2D eigenvalue weighted by Crippen LogP contribution is 2.32. The van der Waals surface area contributed by atoms with Gasteiger partial charge in [0, 0.05) is 31.3 Å². The molecule has 0 aliphatic rings. The second-order valence-electron chi connectivity index (χ2n) is 8.84. The quantitative estimate of drug-likeness (QED) is 0.444. The molecule has 34 heavy (non-hydrogen) atoms. The van der Waals surface area contributed by atoms with Crippen LogP contribution in [0.5, 0.6) is 0 Å². The third-order valence-electron chi connectivity index (χ3n) is 5.50. The lowest BCUT2D eigenvalue weighted by atomic mass is 9.87. The first kappa shape index (κ1) is 25.4. The maximum atomic E-state index is 13.5. The van der Waals surface area contributed by atoms with Gasteiger partial charge < -0.3 is 15.6 Å². The Morgan fingerprint density at radius 2 is 1.82 bits per heavy atom. The van der Waals surface area contributed by atoms with Crippen molar-refractivity contribution in [3.8, 4) is 11.3 Å². The molecule has 182 valence electrons. The van der Waals surface area contributed by atoms with E-state index in [9.17, 15) is 22.4 Å². The summed E-state index contributed by atoms with van der Waals surface area (Å²) in [5.41, 5.74) is 5.24. The molecule has 0 spiro atoms. The molecule has 3 N–H and O–H groups in total. The molecule has 1 aromatic heterocycles. The second kappa shape index (κ2) is 10.4. The maximum absolute atomic E-state index is 13.5. The summed E-state index contributed by atoms with van der Waals surface area (Å²) in [6.45, 7) is 3.47. The van der Waals surface area contributed by atoms with Crippen molar-refractivity contribution in [2.45, 2.75) is 39.2 Å². The van der Waals surface area contributed by atoms with Gasteiger partial charge in [-0.05, 0) is 17.7 Å². The molecule has 0 fully saturated rings. The van der Waals surface area contributed by atoms with Crippen LogP contribution in [-0.4, -0.2) is 34.7 Å². The van der Waals surface area contributed by atoms with E-state index in [-0.39, 0.29) is 25.4 Å². The topological polar surface area (TPSA) is 72.9 Å². The minimum absolute atomic E-state index is 0.188. The number of rotatable bonds is 9. The fourth-order valence-electron chi connectivity index (χ4n) is 3.51.